The van der Waals surface area contributed by atoms with E-state index in [0.717, 1.165) is 0 Å². The van der Waals surface area contributed by atoms with Crippen molar-refractivity contribution in [1.82, 2.24) is 0 Å². The molecule has 3 N–H and O–H groups in total. The van der Waals surface area contributed by atoms with E-state index < -0.39 is 88.5 Å². The van der Waals surface area contributed by atoms with Gasteiger partial charge in [-0.05, 0) is 30.2 Å². The maximum Gasteiger partial charge on any atom is 0.338 e. The molecule has 2 bridgehead atoms. The van der Waals surface area contributed by atoms with Crippen LogP contribution in [-0.2, 0) is 38.1 Å². The molecule has 5 rings (SSSR count). The molecule has 12 heteroatoms. The Morgan fingerprint density at radius 3 is 2.07 bits per heavy atom. The van der Waals surface area contributed by atoms with Gasteiger partial charge in [0.2, 0.25) is 0 Å². The fraction of sp³-hybridized carbons (Fsp3) is 0.636. The molecule has 1 aliphatic heterocycles. The summed E-state index contributed by atoms with van der Waals surface area (Å²) >= 11 is 0. The number of hydrogen-bond donors (Lipinski definition) is 3. The molecule has 45 heavy (non-hydrogen) atoms. The van der Waals surface area contributed by atoms with E-state index in [1.807, 2.05) is 0 Å². The van der Waals surface area contributed by atoms with Crippen LogP contribution in [0.5, 0.6) is 0 Å². The summed E-state index contributed by atoms with van der Waals surface area (Å²) in [6.07, 6.45) is -8.36. The zero-order valence-corrected chi connectivity index (χ0v) is 26.6. The number of aliphatic hydroxyl groups is 3. The molecule has 1 heterocycles. The van der Waals surface area contributed by atoms with Gasteiger partial charge < -0.3 is 39.0 Å². The number of ether oxygens (including phenoxy) is 5. The second-order valence-electron chi connectivity index (χ2n) is 13.6. The molecule has 12 nitrogen and oxygen atoms in total. The fourth-order valence-electron chi connectivity index (χ4n) is 8.46. The first-order chi connectivity index (χ1) is 20.9. The van der Waals surface area contributed by atoms with E-state index in [9.17, 15) is 34.5 Å². The van der Waals surface area contributed by atoms with E-state index in [4.69, 9.17) is 23.7 Å². The number of carbonyl (C=O) groups is 4. The van der Waals surface area contributed by atoms with Gasteiger partial charge in [-0.15, -0.1) is 0 Å². The van der Waals surface area contributed by atoms with Crippen molar-refractivity contribution < 1.29 is 58.2 Å². The van der Waals surface area contributed by atoms with Crippen molar-refractivity contribution in [2.75, 3.05) is 6.61 Å². The third-order valence-corrected chi connectivity index (χ3v) is 10.7. The number of esters is 4. The molecule has 2 saturated carbocycles. The first-order valence-electron chi connectivity index (χ1n) is 15.1. The Bertz CT molecular complexity index is 1420. The molecule has 4 aliphatic rings. The number of benzene rings is 1. The number of hydrogen-bond acceptors (Lipinski definition) is 12. The summed E-state index contributed by atoms with van der Waals surface area (Å²) < 4.78 is 29.6. The van der Waals surface area contributed by atoms with Gasteiger partial charge in [-0.2, -0.15) is 0 Å². The summed E-state index contributed by atoms with van der Waals surface area (Å²) in [5.74, 6) is -4.20. The van der Waals surface area contributed by atoms with Crippen molar-refractivity contribution in [3.8, 4) is 0 Å². The zero-order valence-electron chi connectivity index (χ0n) is 26.6. The monoisotopic (exact) mass is 636 g/mol. The van der Waals surface area contributed by atoms with Crippen LogP contribution in [0.4, 0.5) is 0 Å². The molecule has 0 aromatic heterocycles. The van der Waals surface area contributed by atoms with Crippen LogP contribution in [0.25, 0.3) is 0 Å². The highest BCUT2D eigenvalue weighted by Gasteiger charge is 2.78. The summed E-state index contributed by atoms with van der Waals surface area (Å²) in [4.78, 5) is 51.5. The Balaban J connectivity index is 1.86. The summed E-state index contributed by atoms with van der Waals surface area (Å²) in [5.41, 5.74) is -5.96. The van der Waals surface area contributed by atoms with E-state index in [-0.39, 0.29) is 30.6 Å². The summed E-state index contributed by atoms with van der Waals surface area (Å²) in [7, 11) is 0. The molecule has 0 radical (unpaired) electrons. The minimum absolute atomic E-state index is 0.0700. The third kappa shape index (κ3) is 4.88. The highest BCUT2D eigenvalue weighted by Crippen LogP contribution is 2.65. The van der Waals surface area contributed by atoms with Crippen LogP contribution >= 0.6 is 0 Å². The van der Waals surface area contributed by atoms with Gasteiger partial charge in [0.1, 0.15) is 30.0 Å². The van der Waals surface area contributed by atoms with Crippen molar-refractivity contribution in [1.29, 1.82) is 0 Å². The molecule has 1 aromatic rings. The van der Waals surface area contributed by atoms with Gasteiger partial charge in [-0.3, -0.25) is 14.4 Å². The van der Waals surface area contributed by atoms with Gasteiger partial charge in [-0.1, -0.05) is 39.0 Å². The quantitative estimate of drug-likeness (QED) is 0.186. The molecule has 3 fully saturated rings. The molecular formula is C33H42O12. The highest BCUT2D eigenvalue weighted by atomic mass is 16.7. The summed E-state index contributed by atoms with van der Waals surface area (Å²) in [6.45, 7) is 9.94. The SMILES string of the molecule is CC1=C2[C@@H](O[13C]([13CH3])=O)[C@H](O)[C@@]3(C)[C@H]([C@H](OC(=O)c4ccccc4)[C@](O)(C[C@@H]1O[13C]([13CH3])=O)C2(C)C)[C@]1(O[13C]([13CH3])=O)CO[C@@H]1C[C@@H]3O. The van der Waals surface area contributed by atoms with E-state index >= 15 is 0 Å². The number of carbonyl (C=O) groups excluding carboxylic acids is 4. The molecule has 0 spiro atoms. The average Bonchev–Trinajstić information content (AvgIpc) is 2.94. The Morgan fingerprint density at radius 2 is 1.53 bits per heavy atom. The molecule has 10 atom stereocenters. The smallest absolute Gasteiger partial charge is 0.338 e. The van der Waals surface area contributed by atoms with Gasteiger partial charge in [0, 0.05) is 44.4 Å². The predicted octanol–water partition coefficient (Wildman–Crippen LogP) is 2.02. The summed E-state index contributed by atoms with van der Waals surface area (Å²) in [5, 5.41) is 37.4. The third-order valence-electron chi connectivity index (χ3n) is 10.7. The lowest BCUT2D eigenvalue weighted by molar-refractivity contribution is -0.365. The van der Waals surface area contributed by atoms with Crippen molar-refractivity contribution >= 4 is 23.9 Å². The van der Waals surface area contributed by atoms with Crippen LogP contribution in [0.3, 0.4) is 0 Å². The van der Waals surface area contributed by atoms with Crippen LogP contribution in [0.2, 0.25) is 0 Å². The largest absolute Gasteiger partial charge is 0.458 e. The lowest BCUT2D eigenvalue weighted by Gasteiger charge is -2.69. The standard InChI is InChI=1S/C33H42O12/c1-16-21(42-17(2)34)14-33(40)28(44-29(39)20-11-9-8-10-12-20)26-31(7,22(37)13-23-32(26,15-41-23)45-19(4)36)27(38)25(43-18(3)35)24(16)30(33,5)6/h8-12,21-23,25-28,37-38,40H,13-15H2,1-7H3/t21-,22-,23+,25+,26-,27-,28-,31+,32-,33+/m0/s1/i2+1,3+1,4+1,17+1,18+1,19+1. The maximum absolute atomic E-state index is 13.9. The van der Waals surface area contributed by atoms with E-state index in [1.165, 1.54) is 32.9 Å². The average molecular weight is 637 g/mol. The van der Waals surface area contributed by atoms with E-state index in [1.54, 1.807) is 45.9 Å². The van der Waals surface area contributed by atoms with Crippen molar-refractivity contribution in [2.24, 2.45) is 16.7 Å². The molecule has 0 unspecified atom stereocenters. The predicted molar refractivity (Wildman–Crippen MR) is 155 cm³/mol. The maximum atomic E-state index is 13.9. The Hall–Kier alpha value is -3.32. The molecular weight excluding hydrogens is 594 g/mol. The fourth-order valence-corrected chi connectivity index (χ4v) is 8.46. The van der Waals surface area contributed by atoms with Gasteiger partial charge in [-0.25, -0.2) is 4.79 Å². The van der Waals surface area contributed by atoms with Crippen LogP contribution in [0.1, 0.15) is 71.7 Å². The Kier molecular flexibility index (Phi) is 8.21. The summed E-state index contributed by atoms with van der Waals surface area (Å²) in [6, 6.07) is 8.09. The second-order valence-corrected chi connectivity index (χ2v) is 13.6. The molecule has 246 valence electrons. The number of fused-ring (bicyclic) bond motifs is 5. The second kappa shape index (κ2) is 11.2. The topological polar surface area (TPSA) is 175 Å². The first kappa shape index (κ1) is 33.1. The van der Waals surface area contributed by atoms with Gasteiger partial charge in [0.15, 0.2) is 11.7 Å². The van der Waals surface area contributed by atoms with Crippen molar-refractivity contribution in [3.05, 3.63) is 47.0 Å². The van der Waals surface area contributed by atoms with Crippen LogP contribution in [0, 0.1) is 16.7 Å². The number of rotatable bonds is 5. The number of aliphatic hydroxyl groups excluding tert-OH is 2. The van der Waals surface area contributed by atoms with Crippen LogP contribution in [-0.4, -0.2) is 93.6 Å². The molecule has 1 saturated heterocycles. The minimum atomic E-state index is -2.11. The normalized spacial score (nSPS) is 39.9. The van der Waals surface area contributed by atoms with E-state index in [2.05, 4.69) is 0 Å². The van der Waals surface area contributed by atoms with Crippen LogP contribution < -0.4 is 0 Å². The van der Waals surface area contributed by atoms with Crippen molar-refractivity contribution in [3.63, 3.8) is 0 Å². The van der Waals surface area contributed by atoms with Gasteiger partial charge in [0.25, 0.3) is 0 Å². The minimum Gasteiger partial charge on any atom is -0.458 e. The van der Waals surface area contributed by atoms with Crippen LogP contribution in [0.15, 0.2) is 41.5 Å². The zero-order chi connectivity index (χ0) is 33.3. The van der Waals surface area contributed by atoms with E-state index in [0.29, 0.717) is 5.57 Å². The molecule has 3 aliphatic carbocycles. The lowest BCUT2D eigenvalue weighted by atomic mass is 9.44. The lowest BCUT2D eigenvalue weighted by Crippen LogP contribution is -2.82. The Labute approximate surface area is 261 Å². The van der Waals surface area contributed by atoms with Gasteiger partial charge >= 0.3 is 23.9 Å². The Morgan fingerprint density at radius 1 is 0.911 bits per heavy atom. The van der Waals surface area contributed by atoms with Crippen molar-refractivity contribution in [2.45, 2.75) is 109 Å². The van der Waals surface area contributed by atoms with Gasteiger partial charge in [0.05, 0.1) is 24.2 Å². The first-order valence-corrected chi connectivity index (χ1v) is 15.1. The molecule has 1 aromatic carbocycles. The molecule has 0 amide bonds. The highest BCUT2D eigenvalue weighted by molar-refractivity contribution is 5.89.